The van der Waals surface area contributed by atoms with Crippen LogP contribution >= 0.6 is 0 Å². The first-order valence-corrected chi connectivity index (χ1v) is 8.41. The van der Waals surface area contributed by atoms with Crippen LogP contribution in [0.2, 0.25) is 0 Å². The average Bonchev–Trinajstić information content (AvgIpc) is 2.56. The van der Waals surface area contributed by atoms with Crippen molar-refractivity contribution in [3.8, 4) is 0 Å². The lowest BCUT2D eigenvalue weighted by molar-refractivity contribution is -0.0446. The summed E-state index contributed by atoms with van der Waals surface area (Å²) < 4.78 is 27.6. The number of nitrogens with zero attached hydrogens (tertiary/aromatic N) is 1. The van der Waals surface area contributed by atoms with Gasteiger partial charge in [-0.1, -0.05) is 30.3 Å². The molecule has 0 spiro atoms. The molecule has 1 heterocycles. The summed E-state index contributed by atoms with van der Waals surface area (Å²) in [6.45, 7) is 1.92. The minimum absolute atomic E-state index is 0.0968. The van der Waals surface area contributed by atoms with E-state index in [1.54, 1.807) is 0 Å². The third kappa shape index (κ3) is 3.97. The number of aromatic nitrogens is 2. The molecule has 1 aliphatic carbocycles. The smallest absolute Gasteiger partial charge is 0.330 e. The standard InChI is InChI=1S/C18H21F2N3O2/c1-12(13-5-3-2-4-6-13)21-15-11-16(24)23(17(25)22-15)14-7-9-18(19,20)10-8-14/h2-6,11-12,14,21H,7-10H2,1H3,(H,22,25). The van der Waals surface area contributed by atoms with Crippen molar-refractivity contribution < 1.29 is 8.78 Å². The number of H-pyrrole nitrogens is 1. The zero-order valence-corrected chi connectivity index (χ0v) is 14.0. The number of anilines is 1. The Labute approximate surface area is 143 Å². The van der Waals surface area contributed by atoms with E-state index in [1.807, 2.05) is 37.3 Å². The van der Waals surface area contributed by atoms with Gasteiger partial charge in [-0.3, -0.25) is 14.3 Å². The van der Waals surface area contributed by atoms with Gasteiger partial charge in [-0.15, -0.1) is 0 Å². The van der Waals surface area contributed by atoms with Gasteiger partial charge in [0.2, 0.25) is 5.92 Å². The van der Waals surface area contributed by atoms with Crippen molar-refractivity contribution in [1.82, 2.24) is 9.55 Å². The number of nitrogens with one attached hydrogen (secondary N) is 2. The quantitative estimate of drug-likeness (QED) is 0.888. The third-order valence-corrected chi connectivity index (χ3v) is 4.69. The maximum Gasteiger partial charge on any atom is 0.330 e. The molecule has 0 saturated heterocycles. The Hall–Kier alpha value is -2.44. The van der Waals surface area contributed by atoms with E-state index in [0.29, 0.717) is 5.82 Å². The lowest BCUT2D eigenvalue weighted by Gasteiger charge is -2.29. The second kappa shape index (κ2) is 6.82. The topological polar surface area (TPSA) is 66.9 Å². The molecule has 1 unspecified atom stereocenters. The molecule has 0 aliphatic heterocycles. The highest BCUT2D eigenvalue weighted by Gasteiger charge is 2.36. The van der Waals surface area contributed by atoms with Crippen molar-refractivity contribution in [3.63, 3.8) is 0 Å². The summed E-state index contributed by atoms with van der Waals surface area (Å²) in [5.74, 6) is -2.37. The monoisotopic (exact) mass is 349 g/mol. The van der Waals surface area contributed by atoms with Gasteiger partial charge >= 0.3 is 5.69 Å². The molecule has 1 atom stereocenters. The summed E-state index contributed by atoms with van der Waals surface area (Å²) in [4.78, 5) is 27.3. The van der Waals surface area contributed by atoms with E-state index in [2.05, 4.69) is 10.3 Å². The summed E-state index contributed by atoms with van der Waals surface area (Å²) in [5.41, 5.74) is -0.0192. The van der Waals surface area contributed by atoms with Gasteiger partial charge < -0.3 is 5.32 Å². The highest BCUT2D eigenvalue weighted by Crippen LogP contribution is 2.37. The second-order valence-electron chi connectivity index (χ2n) is 6.56. The summed E-state index contributed by atoms with van der Waals surface area (Å²) in [5, 5.41) is 3.09. The predicted molar refractivity (Wildman–Crippen MR) is 92.3 cm³/mol. The van der Waals surface area contributed by atoms with E-state index in [9.17, 15) is 18.4 Å². The summed E-state index contributed by atoms with van der Waals surface area (Å²) >= 11 is 0. The third-order valence-electron chi connectivity index (χ3n) is 4.69. The Balaban J connectivity index is 1.79. The van der Waals surface area contributed by atoms with Gasteiger partial charge in [0.15, 0.2) is 0 Å². The first-order chi connectivity index (χ1) is 11.9. The number of alkyl halides is 2. The van der Waals surface area contributed by atoms with Crippen molar-refractivity contribution >= 4 is 5.82 Å². The largest absolute Gasteiger partial charge is 0.365 e. The van der Waals surface area contributed by atoms with Crippen molar-refractivity contribution in [2.24, 2.45) is 0 Å². The molecule has 7 heteroatoms. The van der Waals surface area contributed by atoms with Gasteiger partial charge in [0.05, 0.1) is 0 Å². The van der Waals surface area contributed by atoms with Crippen LogP contribution in [0.15, 0.2) is 46.0 Å². The van der Waals surface area contributed by atoms with Crippen molar-refractivity contribution in [2.45, 2.75) is 50.6 Å². The van der Waals surface area contributed by atoms with Gasteiger partial charge in [0, 0.05) is 31.0 Å². The molecule has 1 aromatic carbocycles. The number of rotatable bonds is 4. The fourth-order valence-corrected chi connectivity index (χ4v) is 3.27. The lowest BCUT2D eigenvalue weighted by atomic mass is 9.92. The minimum atomic E-state index is -2.69. The maximum atomic E-state index is 13.3. The molecule has 0 bridgehead atoms. The van der Waals surface area contributed by atoms with Crippen molar-refractivity contribution in [1.29, 1.82) is 0 Å². The predicted octanol–water partition coefficient (Wildman–Crippen LogP) is 3.46. The van der Waals surface area contributed by atoms with Crippen LogP contribution in [0.5, 0.6) is 0 Å². The van der Waals surface area contributed by atoms with E-state index in [4.69, 9.17) is 0 Å². The van der Waals surface area contributed by atoms with Crippen LogP contribution in [-0.2, 0) is 0 Å². The number of halogens is 2. The Morgan fingerprint density at radius 2 is 1.84 bits per heavy atom. The van der Waals surface area contributed by atoms with Crippen LogP contribution in [0.1, 0.15) is 50.3 Å². The summed E-state index contributed by atoms with van der Waals surface area (Å²) in [6, 6.07) is 10.4. The molecular formula is C18H21F2N3O2. The Morgan fingerprint density at radius 3 is 2.44 bits per heavy atom. The van der Waals surface area contributed by atoms with Gasteiger partial charge in [0.25, 0.3) is 5.56 Å². The molecule has 0 radical (unpaired) electrons. The minimum Gasteiger partial charge on any atom is -0.365 e. The molecule has 3 rings (SSSR count). The van der Waals surface area contributed by atoms with Crippen LogP contribution in [0.3, 0.4) is 0 Å². The number of benzene rings is 1. The number of aromatic amines is 1. The Morgan fingerprint density at radius 1 is 1.20 bits per heavy atom. The van der Waals surface area contributed by atoms with E-state index in [0.717, 1.165) is 10.1 Å². The molecule has 1 aromatic heterocycles. The second-order valence-corrected chi connectivity index (χ2v) is 6.56. The highest BCUT2D eigenvalue weighted by atomic mass is 19.3. The zero-order chi connectivity index (χ0) is 18.0. The van der Waals surface area contributed by atoms with Crippen LogP contribution in [0.4, 0.5) is 14.6 Å². The van der Waals surface area contributed by atoms with Crippen LogP contribution in [0, 0.1) is 0 Å². The van der Waals surface area contributed by atoms with Crippen LogP contribution < -0.4 is 16.6 Å². The van der Waals surface area contributed by atoms with Gasteiger partial charge in [-0.25, -0.2) is 13.6 Å². The molecule has 134 valence electrons. The lowest BCUT2D eigenvalue weighted by Crippen LogP contribution is -2.40. The van der Waals surface area contributed by atoms with E-state index >= 15 is 0 Å². The molecule has 2 aromatic rings. The molecule has 5 nitrogen and oxygen atoms in total. The SMILES string of the molecule is CC(Nc1cc(=O)n(C2CCC(F)(F)CC2)c(=O)[nH]1)c1ccccc1. The van der Waals surface area contributed by atoms with Gasteiger partial charge in [-0.2, -0.15) is 0 Å². The van der Waals surface area contributed by atoms with E-state index in [-0.39, 0.29) is 31.7 Å². The Kier molecular flexibility index (Phi) is 4.74. The zero-order valence-electron chi connectivity index (χ0n) is 14.0. The normalized spacial score (nSPS) is 18.7. The van der Waals surface area contributed by atoms with E-state index in [1.165, 1.54) is 6.07 Å². The van der Waals surface area contributed by atoms with Crippen molar-refractivity contribution in [2.75, 3.05) is 5.32 Å². The molecule has 1 saturated carbocycles. The average molecular weight is 349 g/mol. The number of hydrogen-bond acceptors (Lipinski definition) is 3. The fraction of sp³-hybridized carbons (Fsp3) is 0.444. The first-order valence-electron chi connectivity index (χ1n) is 8.41. The Bertz CT molecular complexity index is 804. The molecule has 1 fully saturated rings. The number of hydrogen-bond donors (Lipinski definition) is 2. The first kappa shape index (κ1) is 17.4. The van der Waals surface area contributed by atoms with Gasteiger partial charge in [-0.05, 0) is 25.3 Å². The highest BCUT2D eigenvalue weighted by molar-refractivity contribution is 5.36. The summed E-state index contributed by atoms with van der Waals surface area (Å²) in [7, 11) is 0. The molecule has 0 amide bonds. The van der Waals surface area contributed by atoms with Gasteiger partial charge in [0.1, 0.15) is 5.82 Å². The molecule has 1 aliphatic rings. The van der Waals surface area contributed by atoms with Crippen molar-refractivity contribution in [3.05, 3.63) is 62.8 Å². The van der Waals surface area contributed by atoms with Crippen LogP contribution in [0.25, 0.3) is 0 Å². The fourth-order valence-electron chi connectivity index (χ4n) is 3.27. The summed E-state index contributed by atoms with van der Waals surface area (Å²) in [6.07, 6.45) is -0.338. The molecule has 2 N–H and O–H groups in total. The maximum absolute atomic E-state index is 13.3. The molecule has 25 heavy (non-hydrogen) atoms. The molecular weight excluding hydrogens is 328 g/mol. The van der Waals surface area contributed by atoms with Crippen LogP contribution in [-0.4, -0.2) is 15.5 Å². The van der Waals surface area contributed by atoms with E-state index < -0.39 is 23.2 Å².